The zero-order chi connectivity index (χ0) is 32.2. The molecule has 8 aromatic carbocycles. The van der Waals surface area contributed by atoms with E-state index in [1.807, 2.05) is 12.2 Å². The van der Waals surface area contributed by atoms with Crippen LogP contribution in [0.5, 0.6) is 0 Å². The zero-order valence-corrected chi connectivity index (χ0v) is 26.7. The number of allylic oxidation sites excluding steroid dienone is 2. The summed E-state index contributed by atoms with van der Waals surface area (Å²) in [5.74, 6) is 0.864. The van der Waals surface area contributed by atoms with Gasteiger partial charge in [0.25, 0.3) is 0 Å². The topological polar surface area (TPSA) is 13.1 Å². The Morgan fingerprint density at radius 2 is 1.04 bits per heavy atom. The second-order valence-corrected chi connectivity index (χ2v) is 12.5. The van der Waals surface area contributed by atoms with Gasteiger partial charge in [-0.25, -0.2) is 0 Å². The molecule has 0 aliphatic rings. The van der Waals surface area contributed by atoms with Crippen LogP contribution in [-0.4, -0.2) is 0 Å². The summed E-state index contributed by atoms with van der Waals surface area (Å²) in [6.45, 7) is 6.00. The predicted molar refractivity (Wildman–Crippen MR) is 207 cm³/mol. The average Bonchev–Trinajstić information content (AvgIpc) is 3.47. The van der Waals surface area contributed by atoms with E-state index in [2.05, 4.69) is 159 Å². The van der Waals surface area contributed by atoms with Gasteiger partial charge in [0.05, 0.1) is 0 Å². The Labute approximate surface area is 279 Å². The van der Waals surface area contributed by atoms with E-state index < -0.39 is 0 Å². The summed E-state index contributed by atoms with van der Waals surface area (Å²) in [6.07, 6.45) is 5.72. The Bertz CT molecular complexity index is 2690. The first-order valence-corrected chi connectivity index (χ1v) is 16.5. The van der Waals surface area contributed by atoms with E-state index in [4.69, 9.17) is 4.42 Å². The summed E-state index contributed by atoms with van der Waals surface area (Å²) < 4.78 is 6.50. The van der Waals surface area contributed by atoms with Crippen LogP contribution in [0.4, 0.5) is 0 Å². The Morgan fingerprint density at radius 1 is 0.479 bits per heavy atom. The number of rotatable bonds is 5. The zero-order valence-electron chi connectivity index (χ0n) is 26.7. The number of aryl methyl sites for hydroxylation is 1. The van der Waals surface area contributed by atoms with Gasteiger partial charge < -0.3 is 4.42 Å². The van der Waals surface area contributed by atoms with E-state index in [0.717, 1.165) is 27.7 Å². The quantitative estimate of drug-likeness (QED) is 0.139. The van der Waals surface area contributed by atoms with Crippen LogP contribution >= 0.6 is 0 Å². The molecule has 0 saturated carbocycles. The molecular formula is C47H32O. The number of hydrogen-bond acceptors (Lipinski definition) is 1. The minimum Gasteiger partial charge on any atom is -0.456 e. The molecule has 1 heteroatoms. The predicted octanol–water partition coefficient (Wildman–Crippen LogP) is 13.6. The summed E-state index contributed by atoms with van der Waals surface area (Å²) in [5, 5.41) is 10.9. The fourth-order valence-electron chi connectivity index (χ4n) is 7.63. The summed E-state index contributed by atoms with van der Waals surface area (Å²) in [6, 6.07) is 53.1. The van der Waals surface area contributed by atoms with Crippen LogP contribution in [-0.2, 0) is 0 Å². The van der Waals surface area contributed by atoms with Crippen LogP contribution < -0.4 is 0 Å². The van der Waals surface area contributed by atoms with E-state index >= 15 is 0 Å². The molecule has 1 aromatic heterocycles. The van der Waals surface area contributed by atoms with Gasteiger partial charge in [0, 0.05) is 16.3 Å². The second kappa shape index (κ2) is 11.3. The van der Waals surface area contributed by atoms with Crippen molar-refractivity contribution < 1.29 is 4.42 Å². The molecular weight excluding hydrogens is 581 g/mol. The fraction of sp³-hybridized carbons (Fsp3) is 0.0213. The van der Waals surface area contributed by atoms with Gasteiger partial charge in [-0.3, -0.25) is 0 Å². The molecule has 1 heterocycles. The van der Waals surface area contributed by atoms with Crippen molar-refractivity contribution in [3.05, 3.63) is 176 Å². The van der Waals surface area contributed by atoms with Crippen molar-refractivity contribution in [2.45, 2.75) is 6.92 Å². The van der Waals surface area contributed by atoms with E-state index in [0.29, 0.717) is 0 Å². The van der Waals surface area contributed by atoms with Crippen LogP contribution in [0.15, 0.2) is 169 Å². The number of furan rings is 1. The summed E-state index contributed by atoms with van der Waals surface area (Å²) in [7, 11) is 0. The molecule has 0 radical (unpaired) electrons. The molecule has 9 rings (SSSR count). The van der Waals surface area contributed by atoms with E-state index in [1.54, 1.807) is 6.08 Å². The highest BCUT2D eigenvalue weighted by atomic mass is 16.3. The molecule has 9 aromatic rings. The lowest BCUT2D eigenvalue weighted by molar-refractivity contribution is 0.604. The fourth-order valence-corrected chi connectivity index (χ4v) is 7.63. The smallest absolute Gasteiger partial charge is 0.142 e. The third-order valence-corrected chi connectivity index (χ3v) is 9.82. The van der Waals surface area contributed by atoms with Gasteiger partial charge in [0.1, 0.15) is 11.3 Å². The van der Waals surface area contributed by atoms with Gasteiger partial charge in [-0.05, 0) is 96.2 Å². The lowest BCUT2D eigenvalue weighted by Crippen LogP contribution is -1.92. The van der Waals surface area contributed by atoms with Crippen molar-refractivity contribution >= 4 is 60.1 Å². The number of fused-ring (bicyclic) bond motifs is 6. The maximum Gasteiger partial charge on any atom is 0.142 e. The molecule has 0 bridgehead atoms. The number of hydrogen-bond donors (Lipinski definition) is 0. The van der Waals surface area contributed by atoms with Crippen molar-refractivity contribution in [1.82, 2.24) is 0 Å². The standard InChI is InChI=1S/C47H32O/c1-3-4-27-44-30(2)42-29-43(36-20-7-12-25-41(36)47(42)48-44)46-39-23-10-8-21-37(39)45(38-22-9-11-24-40(38)46)33-18-13-17-32(28-33)35-26-14-16-31-15-5-6-19-34(31)35/h3-29H,1H2,2H3/b27-4-. The molecule has 0 N–H and O–H groups in total. The van der Waals surface area contributed by atoms with Crippen molar-refractivity contribution in [3.8, 4) is 33.4 Å². The normalized spacial score (nSPS) is 11.9. The van der Waals surface area contributed by atoms with Crippen molar-refractivity contribution in [2.75, 3.05) is 0 Å². The van der Waals surface area contributed by atoms with Crippen LogP contribution in [0.2, 0.25) is 0 Å². The summed E-state index contributed by atoms with van der Waals surface area (Å²) in [4.78, 5) is 0. The third kappa shape index (κ3) is 4.32. The summed E-state index contributed by atoms with van der Waals surface area (Å²) in [5.41, 5.74) is 9.45. The monoisotopic (exact) mass is 612 g/mol. The van der Waals surface area contributed by atoms with Crippen LogP contribution in [0.1, 0.15) is 11.3 Å². The average molecular weight is 613 g/mol. The van der Waals surface area contributed by atoms with Crippen LogP contribution in [0.3, 0.4) is 0 Å². The third-order valence-electron chi connectivity index (χ3n) is 9.82. The van der Waals surface area contributed by atoms with Gasteiger partial charge in [-0.1, -0.05) is 152 Å². The molecule has 0 aliphatic heterocycles. The molecule has 226 valence electrons. The first kappa shape index (κ1) is 28.1. The Balaban J connectivity index is 1.36. The maximum absolute atomic E-state index is 6.50. The van der Waals surface area contributed by atoms with Gasteiger partial charge >= 0.3 is 0 Å². The van der Waals surface area contributed by atoms with Gasteiger partial charge in [-0.15, -0.1) is 0 Å². The molecule has 0 amide bonds. The number of benzene rings is 8. The molecule has 1 nitrogen and oxygen atoms in total. The Kier molecular flexibility index (Phi) is 6.59. The van der Waals surface area contributed by atoms with E-state index in [1.165, 1.54) is 71.1 Å². The van der Waals surface area contributed by atoms with Gasteiger partial charge in [0.2, 0.25) is 0 Å². The highest BCUT2D eigenvalue weighted by Gasteiger charge is 2.21. The van der Waals surface area contributed by atoms with Crippen molar-refractivity contribution in [1.29, 1.82) is 0 Å². The molecule has 0 fully saturated rings. The molecule has 0 saturated heterocycles. The van der Waals surface area contributed by atoms with E-state index in [-0.39, 0.29) is 0 Å². The first-order valence-electron chi connectivity index (χ1n) is 16.5. The van der Waals surface area contributed by atoms with Gasteiger partial charge in [-0.2, -0.15) is 0 Å². The van der Waals surface area contributed by atoms with Crippen LogP contribution in [0.25, 0.3) is 93.5 Å². The summed E-state index contributed by atoms with van der Waals surface area (Å²) >= 11 is 0. The highest BCUT2D eigenvalue weighted by Crippen LogP contribution is 2.47. The second-order valence-electron chi connectivity index (χ2n) is 12.5. The molecule has 48 heavy (non-hydrogen) atoms. The molecule has 0 unspecified atom stereocenters. The molecule has 0 atom stereocenters. The largest absolute Gasteiger partial charge is 0.456 e. The first-order chi connectivity index (χ1) is 23.7. The van der Waals surface area contributed by atoms with E-state index in [9.17, 15) is 0 Å². The Hall–Kier alpha value is -6.18. The van der Waals surface area contributed by atoms with Crippen molar-refractivity contribution in [3.63, 3.8) is 0 Å². The van der Waals surface area contributed by atoms with Crippen molar-refractivity contribution in [2.24, 2.45) is 0 Å². The SMILES string of the molecule is C=C/C=C\c1oc2c(cc(-c3c4ccccc4c(-c4cccc(-c5cccc6ccccc56)c4)c4ccccc34)c3ccccc32)c1C. The molecule has 0 spiro atoms. The van der Waals surface area contributed by atoms with Crippen LogP contribution in [0, 0.1) is 6.92 Å². The highest BCUT2D eigenvalue weighted by molar-refractivity contribution is 6.25. The molecule has 0 aliphatic carbocycles. The lowest BCUT2D eigenvalue weighted by Gasteiger charge is -2.19. The maximum atomic E-state index is 6.50. The van der Waals surface area contributed by atoms with Gasteiger partial charge in [0.15, 0.2) is 0 Å². The minimum absolute atomic E-state index is 0.864. The Morgan fingerprint density at radius 3 is 1.75 bits per heavy atom. The lowest BCUT2D eigenvalue weighted by atomic mass is 9.83. The minimum atomic E-state index is 0.864.